The van der Waals surface area contributed by atoms with Crippen LogP contribution in [-0.4, -0.2) is 37.0 Å². The maximum absolute atomic E-state index is 12.1. The summed E-state index contributed by atoms with van der Waals surface area (Å²) in [7, 11) is -2.18. The molecule has 0 unspecified atom stereocenters. The minimum absolute atomic E-state index is 0.0157. The Morgan fingerprint density at radius 3 is 2.47 bits per heavy atom. The average Bonchev–Trinajstić information content (AvgIpc) is 2.15. The zero-order chi connectivity index (χ0) is 13.3. The fourth-order valence-corrected chi connectivity index (χ4v) is 3.06. The van der Waals surface area contributed by atoms with Crippen molar-refractivity contribution in [3.63, 3.8) is 0 Å². The standard InChI is InChI=1S/C11H16ClNO3S/c1-11(2,14)8-13(3)17(15,16)10-6-4-5-9(12)7-10/h4-7,14H,8H2,1-3H3. The lowest BCUT2D eigenvalue weighted by atomic mass is 10.1. The van der Waals surface area contributed by atoms with Gasteiger partial charge in [-0.05, 0) is 32.0 Å². The van der Waals surface area contributed by atoms with E-state index in [-0.39, 0.29) is 11.4 Å². The maximum Gasteiger partial charge on any atom is 0.242 e. The normalized spacial score (nSPS) is 13.1. The van der Waals surface area contributed by atoms with E-state index in [1.54, 1.807) is 26.0 Å². The van der Waals surface area contributed by atoms with Crippen LogP contribution < -0.4 is 0 Å². The highest BCUT2D eigenvalue weighted by molar-refractivity contribution is 7.89. The Bertz CT molecular complexity index is 494. The first-order valence-electron chi connectivity index (χ1n) is 5.07. The van der Waals surface area contributed by atoms with E-state index >= 15 is 0 Å². The van der Waals surface area contributed by atoms with Gasteiger partial charge in [-0.15, -0.1) is 0 Å². The van der Waals surface area contributed by atoms with E-state index < -0.39 is 15.6 Å². The van der Waals surface area contributed by atoms with E-state index in [0.717, 1.165) is 4.31 Å². The highest BCUT2D eigenvalue weighted by Gasteiger charge is 2.26. The molecule has 0 heterocycles. The zero-order valence-corrected chi connectivity index (χ0v) is 11.6. The molecule has 0 atom stereocenters. The summed E-state index contributed by atoms with van der Waals surface area (Å²) in [5.41, 5.74) is -1.08. The minimum atomic E-state index is -3.61. The van der Waals surface area contributed by atoms with E-state index in [1.165, 1.54) is 19.2 Å². The van der Waals surface area contributed by atoms with Crippen molar-refractivity contribution in [3.8, 4) is 0 Å². The molecule has 0 bridgehead atoms. The number of aliphatic hydroxyl groups is 1. The molecule has 1 N–H and O–H groups in total. The van der Waals surface area contributed by atoms with Crippen LogP contribution in [-0.2, 0) is 10.0 Å². The van der Waals surface area contributed by atoms with E-state index in [2.05, 4.69) is 0 Å². The summed E-state index contributed by atoms with van der Waals surface area (Å²) in [6.07, 6.45) is 0. The highest BCUT2D eigenvalue weighted by atomic mass is 35.5. The van der Waals surface area contributed by atoms with Crippen LogP contribution in [0.4, 0.5) is 0 Å². The lowest BCUT2D eigenvalue weighted by Crippen LogP contribution is -2.39. The molecule has 4 nitrogen and oxygen atoms in total. The molecule has 0 fully saturated rings. The fourth-order valence-electron chi connectivity index (χ4n) is 1.44. The van der Waals surface area contributed by atoms with Gasteiger partial charge in [0.15, 0.2) is 0 Å². The molecule has 1 rings (SSSR count). The molecule has 0 spiro atoms. The van der Waals surface area contributed by atoms with Crippen molar-refractivity contribution in [2.24, 2.45) is 0 Å². The smallest absolute Gasteiger partial charge is 0.242 e. The van der Waals surface area contributed by atoms with Gasteiger partial charge in [-0.1, -0.05) is 17.7 Å². The largest absolute Gasteiger partial charge is 0.389 e. The van der Waals surface area contributed by atoms with Crippen LogP contribution in [0.5, 0.6) is 0 Å². The SMILES string of the molecule is CN(CC(C)(C)O)S(=O)(=O)c1cccc(Cl)c1. The lowest BCUT2D eigenvalue weighted by Gasteiger charge is -2.25. The Morgan fingerprint density at radius 1 is 1.41 bits per heavy atom. The van der Waals surface area contributed by atoms with E-state index in [9.17, 15) is 13.5 Å². The predicted octanol–water partition coefficient (Wildman–Crippen LogP) is 1.73. The Kier molecular flexibility index (Phi) is 4.19. The second-order valence-electron chi connectivity index (χ2n) is 4.53. The number of sulfonamides is 1. The predicted molar refractivity (Wildman–Crippen MR) is 67.6 cm³/mol. The van der Waals surface area contributed by atoms with Crippen LogP contribution in [0.25, 0.3) is 0 Å². The fraction of sp³-hybridized carbons (Fsp3) is 0.455. The molecule has 0 aliphatic rings. The van der Waals surface area contributed by atoms with Crippen molar-refractivity contribution >= 4 is 21.6 Å². The summed E-state index contributed by atoms with van der Waals surface area (Å²) in [6.45, 7) is 3.12. The molecule has 0 amide bonds. The van der Waals surface area contributed by atoms with Crippen LogP contribution >= 0.6 is 11.6 Å². The summed E-state index contributed by atoms with van der Waals surface area (Å²) in [5.74, 6) is 0. The second kappa shape index (κ2) is 4.94. The summed E-state index contributed by atoms with van der Waals surface area (Å²) in [4.78, 5) is 0.122. The van der Waals surface area contributed by atoms with Gasteiger partial charge in [-0.25, -0.2) is 8.42 Å². The first kappa shape index (κ1) is 14.4. The van der Waals surface area contributed by atoms with Crippen LogP contribution in [0.1, 0.15) is 13.8 Å². The van der Waals surface area contributed by atoms with E-state index in [4.69, 9.17) is 11.6 Å². The van der Waals surface area contributed by atoms with Gasteiger partial charge >= 0.3 is 0 Å². The van der Waals surface area contributed by atoms with Crippen LogP contribution in [0.15, 0.2) is 29.2 Å². The molecule has 0 aromatic heterocycles. The molecule has 1 aromatic rings. The third kappa shape index (κ3) is 3.96. The third-order valence-electron chi connectivity index (χ3n) is 2.11. The Labute approximate surface area is 107 Å². The lowest BCUT2D eigenvalue weighted by molar-refractivity contribution is 0.0640. The topological polar surface area (TPSA) is 57.6 Å². The van der Waals surface area contributed by atoms with Crippen molar-refractivity contribution < 1.29 is 13.5 Å². The monoisotopic (exact) mass is 277 g/mol. The molecular weight excluding hydrogens is 262 g/mol. The number of rotatable bonds is 4. The molecule has 0 aliphatic carbocycles. The summed E-state index contributed by atoms with van der Waals surface area (Å²) in [5, 5.41) is 9.98. The zero-order valence-electron chi connectivity index (χ0n) is 10.0. The van der Waals surface area contributed by atoms with Gasteiger partial charge in [0.25, 0.3) is 0 Å². The highest BCUT2D eigenvalue weighted by Crippen LogP contribution is 2.19. The first-order valence-corrected chi connectivity index (χ1v) is 6.89. The third-order valence-corrected chi connectivity index (χ3v) is 4.15. The summed E-state index contributed by atoms with van der Waals surface area (Å²) in [6, 6.07) is 6.05. The van der Waals surface area contributed by atoms with Crippen LogP contribution in [0.3, 0.4) is 0 Å². The minimum Gasteiger partial charge on any atom is -0.389 e. The number of likely N-dealkylation sites (N-methyl/N-ethyl adjacent to an activating group) is 1. The Hall–Kier alpha value is -0.620. The van der Waals surface area contributed by atoms with Crippen molar-refractivity contribution in [1.29, 1.82) is 0 Å². The molecule has 17 heavy (non-hydrogen) atoms. The number of nitrogens with zero attached hydrogens (tertiary/aromatic N) is 1. The maximum atomic E-state index is 12.1. The van der Waals surface area contributed by atoms with Crippen molar-refractivity contribution in [2.75, 3.05) is 13.6 Å². The Balaban J connectivity index is 3.04. The molecule has 96 valence electrons. The molecule has 1 aromatic carbocycles. The number of hydrogen-bond acceptors (Lipinski definition) is 3. The number of hydrogen-bond donors (Lipinski definition) is 1. The summed E-state index contributed by atoms with van der Waals surface area (Å²) >= 11 is 5.76. The van der Waals surface area contributed by atoms with Gasteiger partial charge in [0.05, 0.1) is 10.5 Å². The van der Waals surface area contributed by atoms with Crippen molar-refractivity contribution in [2.45, 2.75) is 24.3 Å². The number of halogens is 1. The Morgan fingerprint density at radius 2 is 2.00 bits per heavy atom. The van der Waals surface area contributed by atoms with Gasteiger partial charge < -0.3 is 5.11 Å². The van der Waals surface area contributed by atoms with Crippen molar-refractivity contribution in [3.05, 3.63) is 29.3 Å². The molecule has 0 aliphatic heterocycles. The van der Waals surface area contributed by atoms with Gasteiger partial charge in [0.1, 0.15) is 0 Å². The van der Waals surface area contributed by atoms with Gasteiger partial charge in [-0.2, -0.15) is 4.31 Å². The quantitative estimate of drug-likeness (QED) is 0.912. The number of benzene rings is 1. The average molecular weight is 278 g/mol. The van der Waals surface area contributed by atoms with Gasteiger partial charge in [0, 0.05) is 18.6 Å². The first-order chi connectivity index (χ1) is 7.63. The second-order valence-corrected chi connectivity index (χ2v) is 7.01. The van der Waals surface area contributed by atoms with E-state index in [0.29, 0.717) is 5.02 Å². The van der Waals surface area contributed by atoms with Crippen LogP contribution in [0, 0.1) is 0 Å². The molecular formula is C11H16ClNO3S. The van der Waals surface area contributed by atoms with Crippen LogP contribution in [0.2, 0.25) is 5.02 Å². The molecule has 0 radical (unpaired) electrons. The van der Waals surface area contributed by atoms with Gasteiger partial charge in [-0.3, -0.25) is 0 Å². The molecule has 6 heteroatoms. The van der Waals surface area contributed by atoms with Crippen molar-refractivity contribution in [1.82, 2.24) is 4.31 Å². The van der Waals surface area contributed by atoms with Gasteiger partial charge in [0.2, 0.25) is 10.0 Å². The van der Waals surface area contributed by atoms with E-state index in [1.807, 2.05) is 0 Å². The summed E-state index contributed by atoms with van der Waals surface area (Å²) < 4.78 is 25.3. The molecule has 0 saturated carbocycles. The molecule has 0 saturated heterocycles.